The molecular formula is C17H29BrN4O2S. The normalized spacial score (nSPS) is 14.8. The van der Waals surface area contributed by atoms with Crippen LogP contribution in [0.25, 0.3) is 0 Å². The van der Waals surface area contributed by atoms with Gasteiger partial charge in [0, 0.05) is 24.0 Å². The van der Waals surface area contributed by atoms with Gasteiger partial charge in [-0.2, -0.15) is 0 Å². The minimum absolute atomic E-state index is 0.0160. The van der Waals surface area contributed by atoms with E-state index in [1.165, 1.54) is 4.88 Å². The van der Waals surface area contributed by atoms with Crippen molar-refractivity contribution in [1.29, 1.82) is 0 Å². The summed E-state index contributed by atoms with van der Waals surface area (Å²) < 4.78 is 1.08. The lowest BCUT2D eigenvalue weighted by atomic mass is 10.0. The van der Waals surface area contributed by atoms with E-state index < -0.39 is 12.1 Å². The van der Waals surface area contributed by atoms with E-state index in [0.717, 1.165) is 10.2 Å². The SMILES string of the molecule is CCNC(=O)[C@@H](NC(=O)[C@H](C)NC[C@@H](N)Cc1ccc(Br)s1)C(C)C. The molecule has 1 aromatic rings. The molecule has 2 amide bonds. The van der Waals surface area contributed by atoms with Crippen LogP contribution < -0.4 is 21.7 Å². The number of hydrogen-bond acceptors (Lipinski definition) is 5. The van der Waals surface area contributed by atoms with Gasteiger partial charge in [0.1, 0.15) is 6.04 Å². The Labute approximate surface area is 162 Å². The number of hydrogen-bond donors (Lipinski definition) is 4. The molecule has 0 fully saturated rings. The molecule has 0 aliphatic carbocycles. The predicted octanol–water partition coefficient (Wildman–Crippen LogP) is 1.64. The van der Waals surface area contributed by atoms with E-state index in [1.54, 1.807) is 18.3 Å². The first-order valence-corrected chi connectivity index (χ1v) is 10.2. The Morgan fingerprint density at radius 1 is 1.24 bits per heavy atom. The van der Waals surface area contributed by atoms with Crippen molar-refractivity contribution in [3.63, 3.8) is 0 Å². The minimum atomic E-state index is -0.533. The number of halogens is 1. The minimum Gasteiger partial charge on any atom is -0.355 e. The molecule has 0 aliphatic rings. The van der Waals surface area contributed by atoms with Crippen LogP contribution in [0.2, 0.25) is 0 Å². The summed E-state index contributed by atoms with van der Waals surface area (Å²) in [7, 11) is 0. The molecule has 1 aromatic heterocycles. The Morgan fingerprint density at radius 2 is 1.92 bits per heavy atom. The lowest BCUT2D eigenvalue weighted by molar-refractivity contribution is -0.130. The summed E-state index contributed by atoms with van der Waals surface area (Å²) in [5.41, 5.74) is 6.13. The van der Waals surface area contributed by atoms with Gasteiger partial charge in [-0.25, -0.2) is 0 Å². The van der Waals surface area contributed by atoms with Crippen molar-refractivity contribution in [3.8, 4) is 0 Å². The fourth-order valence-electron chi connectivity index (χ4n) is 2.31. The molecule has 0 spiro atoms. The molecule has 0 saturated carbocycles. The third kappa shape index (κ3) is 7.85. The molecule has 0 radical (unpaired) electrons. The first-order valence-electron chi connectivity index (χ1n) is 8.55. The zero-order chi connectivity index (χ0) is 19.0. The molecule has 25 heavy (non-hydrogen) atoms. The lowest BCUT2D eigenvalue weighted by Crippen LogP contribution is -2.55. The average Bonchev–Trinajstić information content (AvgIpc) is 2.94. The molecule has 5 N–H and O–H groups in total. The van der Waals surface area contributed by atoms with E-state index in [4.69, 9.17) is 5.73 Å². The number of nitrogens with two attached hydrogens (primary N) is 1. The molecule has 3 atom stereocenters. The van der Waals surface area contributed by atoms with E-state index in [-0.39, 0.29) is 23.8 Å². The van der Waals surface area contributed by atoms with E-state index >= 15 is 0 Å². The molecular weight excluding hydrogens is 404 g/mol. The van der Waals surface area contributed by atoms with Gasteiger partial charge in [-0.3, -0.25) is 9.59 Å². The number of nitrogens with one attached hydrogen (secondary N) is 3. The van der Waals surface area contributed by atoms with E-state index in [9.17, 15) is 9.59 Å². The van der Waals surface area contributed by atoms with E-state index in [1.807, 2.05) is 32.9 Å². The molecule has 0 bridgehead atoms. The Kier molecular flexibility index (Phi) is 9.63. The molecule has 0 unspecified atom stereocenters. The summed E-state index contributed by atoms with van der Waals surface area (Å²) in [6.07, 6.45) is 0.755. The molecule has 1 rings (SSSR count). The standard InChI is InChI=1S/C17H29BrN4O2S/c1-5-20-17(24)15(10(2)3)22-16(23)11(4)21-9-12(19)8-13-6-7-14(18)25-13/h6-7,10-12,15,21H,5,8-9,19H2,1-4H3,(H,20,24)(H,22,23)/t11-,12-,15-/m0/s1. The van der Waals surface area contributed by atoms with Gasteiger partial charge in [0.15, 0.2) is 0 Å². The highest BCUT2D eigenvalue weighted by molar-refractivity contribution is 9.11. The Morgan fingerprint density at radius 3 is 2.44 bits per heavy atom. The Bertz CT molecular complexity index is 565. The van der Waals surface area contributed by atoms with Crippen molar-refractivity contribution < 1.29 is 9.59 Å². The smallest absolute Gasteiger partial charge is 0.242 e. The van der Waals surface area contributed by atoms with Crippen LogP contribution in [-0.4, -0.2) is 43.0 Å². The third-order valence-electron chi connectivity index (χ3n) is 3.77. The van der Waals surface area contributed by atoms with Crippen LogP contribution in [-0.2, 0) is 16.0 Å². The van der Waals surface area contributed by atoms with Crippen molar-refractivity contribution in [2.75, 3.05) is 13.1 Å². The fraction of sp³-hybridized carbons (Fsp3) is 0.647. The van der Waals surface area contributed by atoms with Crippen LogP contribution in [0, 0.1) is 5.92 Å². The highest BCUT2D eigenvalue weighted by Gasteiger charge is 2.25. The van der Waals surface area contributed by atoms with Crippen LogP contribution in [0.5, 0.6) is 0 Å². The molecule has 0 aromatic carbocycles. The van der Waals surface area contributed by atoms with Gasteiger partial charge in [0.2, 0.25) is 11.8 Å². The first kappa shape index (κ1) is 22.1. The van der Waals surface area contributed by atoms with E-state index in [2.05, 4.69) is 31.9 Å². The topological polar surface area (TPSA) is 96.2 Å². The maximum atomic E-state index is 12.3. The molecule has 142 valence electrons. The molecule has 0 saturated heterocycles. The first-order chi connectivity index (χ1) is 11.7. The fourth-order valence-corrected chi connectivity index (χ4v) is 3.89. The van der Waals surface area contributed by atoms with Gasteiger partial charge < -0.3 is 21.7 Å². The quantitative estimate of drug-likeness (QED) is 0.451. The molecule has 1 heterocycles. The number of carbonyl (C=O) groups is 2. The van der Waals surface area contributed by atoms with Crippen LogP contribution in [0.4, 0.5) is 0 Å². The van der Waals surface area contributed by atoms with Gasteiger partial charge in [0.25, 0.3) is 0 Å². The summed E-state index contributed by atoms with van der Waals surface area (Å²) >= 11 is 5.10. The van der Waals surface area contributed by atoms with E-state index in [0.29, 0.717) is 13.1 Å². The monoisotopic (exact) mass is 432 g/mol. The highest BCUT2D eigenvalue weighted by Crippen LogP contribution is 2.22. The van der Waals surface area contributed by atoms with Crippen LogP contribution >= 0.6 is 27.3 Å². The maximum absolute atomic E-state index is 12.3. The van der Waals surface area contributed by atoms with Crippen LogP contribution in [0.1, 0.15) is 32.6 Å². The molecule has 6 nitrogen and oxygen atoms in total. The second kappa shape index (κ2) is 10.9. The summed E-state index contributed by atoms with van der Waals surface area (Å²) in [5, 5.41) is 8.72. The summed E-state index contributed by atoms with van der Waals surface area (Å²) in [5.74, 6) is -0.337. The summed E-state index contributed by atoms with van der Waals surface area (Å²) in [4.78, 5) is 25.6. The predicted molar refractivity (Wildman–Crippen MR) is 107 cm³/mol. The van der Waals surface area contributed by atoms with Crippen molar-refractivity contribution in [1.82, 2.24) is 16.0 Å². The second-order valence-corrected chi connectivity index (χ2v) is 8.97. The number of thiophene rings is 1. The van der Waals surface area contributed by atoms with Crippen molar-refractivity contribution in [3.05, 3.63) is 20.8 Å². The maximum Gasteiger partial charge on any atom is 0.242 e. The highest BCUT2D eigenvalue weighted by atomic mass is 79.9. The second-order valence-electron chi connectivity index (χ2n) is 6.42. The number of amides is 2. The van der Waals surface area contributed by atoms with Gasteiger partial charge in [0.05, 0.1) is 9.83 Å². The lowest BCUT2D eigenvalue weighted by Gasteiger charge is -2.24. The third-order valence-corrected chi connectivity index (χ3v) is 5.42. The zero-order valence-corrected chi connectivity index (χ0v) is 17.7. The Hall–Kier alpha value is -0.960. The zero-order valence-electron chi connectivity index (χ0n) is 15.3. The van der Waals surface area contributed by atoms with Gasteiger partial charge in [-0.15, -0.1) is 11.3 Å². The molecule has 8 heteroatoms. The van der Waals surface area contributed by atoms with Crippen molar-refractivity contribution in [2.24, 2.45) is 11.7 Å². The summed E-state index contributed by atoms with van der Waals surface area (Å²) in [6.45, 7) is 8.52. The molecule has 0 aliphatic heterocycles. The van der Waals surface area contributed by atoms with Crippen molar-refractivity contribution in [2.45, 2.75) is 52.2 Å². The number of rotatable bonds is 10. The number of likely N-dealkylation sites (N-methyl/N-ethyl adjacent to an activating group) is 1. The Balaban J connectivity index is 2.45. The van der Waals surface area contributed by atoms with Crippen molar-refractivity contribution >= 4 is 39.1 Å². The van der Waals surface area contributed by atoms with Gasteiger partial charge in [-0.05, 0) is 54.2 Å². The van der Waals surface area contributed by atoms with Gasteiger partial charge in [-0.1, -0.05) is 13.8 Å². The van der Waals surface area contributed by atoms with Crippen LogP contribution in [0.3, 0.4) is 0 Å². The average molecular weight is 433 g/mol. The van der Waals surface area contributed by atoms with Crippen LogP contribution in [0.15, 0.2) is 15.9 Å². The largest absolute Gasteiger partial charge is 0.355 e. The van der Waals surface area contributed by atoms with Gasteiger partial charge >= 0.3 is 0 Å². The summed E-state index contributed by atoms with van der Waals surface area (Å²) in [6, 6.07) is 3.02. The number of carbonyl (C=O) groups excluding carboxylic acids is 2.